The van der Waals surface area contributed by atoms with E-state index in [9.17, 15) is 49.2 Å². The average molecular weight is 500 g/mol. The molecule has 2 amide bonds. The van der Waals surface area contributed by atoms with Crippen LogP contribution in [0.15, 0.2) is 42.5 Å². The first-order valence-electron chi connectivity index (χ1n) is 9.52. The second-order valence-corrected chi connectivity index (χ2v) is 8.72. The van der Waals surface area contributed by atoms with Crippen molar-refractivity contribution in [1.82, 2.24) is 0 Å². The zero-order chi connectivity index (χ0) is 26.2. The quantitative estimate of drug-likeness (QED) is 0.299. The van der Waals surface area contributed by atoms with Crippen molar-refractivity contribution in [2.75, 3.05) is 0 Å². The van der Waals surface area contributed by atoms with Crippen molar-refractivity contribution in [3.8, 4) is 0 Å². The normalized spacial score (nSPS) is 19.0. The number of primary amides is 2. The van der Waals surface area contributed by atoms with Crippen LogP contribution in [0.25, 0.3) is 4.91 Å². The number of aromatic carboxylic acids is 4. The summed E-state index contributed by atoms with van der Waals surface area (Å²) in [6.45, 7) is 0. The molecular weight excluding hydrogens is 484 g/mol. The van der Waals surface area contributed by atoms with Gasteiger partial charge in [0.25, 0.3) is 0 Å². The standard InChI is InChI=1S/C22H16N2O10S/c23-16(25)14-7-15(8-1-9(17(26)27)3-10(2-8)18(28)29)35-22(14,21(24)34)13-5-11(19(30)31)4-12(6-13)20(32)33/h1-7,14H,(H2,23,25)(H2,24,34)(H,26,27)(H,28,29)(H,30,31)(H,32,33). The van der Waals surface area contributed by atoms with Gasteiger partial charge in [0.2, 0.25) is 11.8 Å². The van der Waals surface area contributed by atoms with Crippen molar-refractivity contribution in [2.24, 2.45) is 17.4 Å². The third-order valence-corrected chi connectivity index (χ3v) is 6.87. The first-order valence-corrected chi connectivity index (χ1v) is 10.3. The molecular formula is C22H16N2O10S. The number of carboxylic acid groups (broad SMARTS) is 4. The highest BCUT2D eigenvalue weighted by Crippen LogP contribution is 2.56. The molecule has 0 saturated heterocycles. The number of rotatable bonds is 8. The van der Waals surface area contributed by atoms with Gasteiger partial charge in [0.05, 0.1) is 28.2 Å². The molecule has 2 atom stereocenters. The molecule has 12 nitrogen and oxygen atoms in total. The second-order valence-electron chi connectivity index (χ2n) is 7.43. The maximum Gasteiger partial charge on any atom is 0.335 e. The van der Waals surface area contributed by atoms with Gasteiger partial charge in [-0.05, 0) is 47.5 Å². The topological polar surface area (TPSA) is 235 Å². The van der Waals surface area contributed by atoms with E-state index in [1.807, 2.05) is 0 Å². The van der Waals surface area contributed by atoms with E-state index in [4.69, 9.17) is 11.5 Å². The lowest BCUT2D eigenvalue weighted by molar-refractivity contribution is -0.128. The van der Waals surface area contributed by atoms with E-state index in [0.29, 0.717) is 11.8 Å². The predicted molar refractivity (Wildman–Crippen MR) is 120 cm³/mol. The fraction of sp³-hybridized carbons (Fsp3) is 0.0909. The summed E-state index contributed by atoms with van der Waals surface area (Å²) in [6.07, 6.45) is 1.18. The zero-order valence-electron chi connectivity index (χ0n) is 17.4. The van der Waals surface area contributed by atoms with E-state index in [1.54, 1.807) is 0 Å². The van der Waals surface area contributed by atoms with E-state index in [0.717, 1.165) is 36.4 Å². The van der Waals surface area contributed by atoms with Crippen molar-refractivity contribution >= 4 is 52.4 Å². The van der Waals surface area contributed by atoms with Crippen LogP contribution in [0.2, 0.25) is 0 Å². The molecule has 0 spiro atoms. The Balaban J connectivity index is 2.29. The first-order chi connectivity index (χ1) is 16.3. The lowest BCUT2D eigenvalue weighted by atomic mass is 9.82. The van der Waals surface area contributed by atoms with Gasteiger partial charge >= 0.3 is 23.9 Å². The van der Waals surface area contributed by atoms with Crippen LogP contribution < -0.4 is 11.5 Å². The zero-order valence-corrected chi connectivity index (χ0v) is 18.2. The highest BCUT2D eigenvalue weighted by molar-refractivity contribution is 8.10. The van der Waals surface area contributed by atoms with Crippen LogP contribution in [0.3, 0.4) is 0 Å². The van der Waals surface area contributed by atoms with Crippen LogP contribution in [0.1, 0.15) is 52.6 Å². The summed E-state index contributed by atoms with van der Waals surface area (Å²) in [6, 6.07) is 5.95. The molecule has 8 N–H and O–H groups in total. The molecule has 0 fully saturated rings. The fourth-order valence-electron chi connectivity index (χ4n) is 3.67. The Labute approximate surface area is 199 Å². The smallest absolute Gasteiger partial charge is 0.335 e. The van der Waals surface area contributed by atoms with Crippen LogP contribution in [-0.2, 0) is 14.3 Å². The summed E-state index contributed by atoms with van der Waals surface area (Å²) < 4.78 is -2.11. The summed E-state index contributed by atoms with van der Waals surface area (Å²) in [5, 5.41) is 37.5. The second kappa shape index (κ2) is 8.95. The predicted octanol–water partition coefficient (Wildman–Crippen LogP) is 1.05. The van der Waals surface area contributed by atoms with Crippen LogP contribution in [0.4, 0.5) is 0 Å². The van der Waals surface area contributed by atoms with Crippen LogP contribution in [0, 0.1) is 5.92 Å². The van der Waals surface area contributed by atoms with Crippen LogP contribution in [-0.4, -0.2) is 56.1 Å². The van der Waals surface area contributed by atoms with Crippen molar-refractivity contribution < 1.29 is 49.2 Å². The number of hydrogen-bond donors (Lipinski definition) is 6. The Morgan fingerprint density at radius 2 is 1.09 bits per heavy atom. The molecule has 35 heavy (non-hydrogen) atoms. The minimum Gasteiger partial charge on any atom is -0.478 e. The van der Waals surface area contributed by atoms with E-state index >= 15 is 0 Å². The van der Waals surface area contributed by atoms with Gasteiger partial charge in [0.1, 0.15) is 4.75 Å². The van der Waals surface area contributed by atoms with E-state index < -0.39 is 68.6 Å². The Kier molecular flexibility index (Phi) is 6.39. The Hall–Kier alpha value is -4.65. The van der Waals surface area contributed by atoms with Crippen molar-refractivity contribution in [3.05, 3.63) is 75.9 Å². The first kappa shape index (κ1) is 25.0. The molecule has 0 aromatic heterocycles. The maximum absolute atomic E-state index is 12.8. The van der Waals surface area contributed by atoms with Gasteiger partial charge in [-0.25, -0.2) is 19.2 Å². The maximum atomic E-state index is 12.8. The molecule has 1 aliphatic heterocycles. The molecule has 2 aromatic carbocycles. The molecule has 3 rings (SSSR count). The number of hydrogen-bond acceptors (Lipinski definition) is 7. The van der Waals surface area contributed by atoms with Gasteiger partial charge in [-0.3, -0.25) is 9.59 Å². The number of amides is 2. The number of carbonyl (C=O) groups is 6. The average Bonchev–Trinajstić information content (AvgIpc) is 3.21. The van der Waals surface area contributed by atoms with Gasteiger partial charge in [-0.1, -0.05) is 6.08 Å². The molecule has 0 bridgehead atoms. The summed E-state index contributed by atoms with van der Waals surface area (Å²) in [5.74, 6) is -9.66. The monoisotopic (exact) mass is 500 g/mol. The summed E-state index contributed by atoms with van der Waals surface area (Å²) >= 11 is 0.605. The number of carboxylic acids is 4. The number of benzene rings is 2. The Morgan fingerprint density at radius 1 is 0.686 bits per heavy atom. The molecule has 0 radical (unpaired) electrons. The van der Waals surface area contributed by atoms with Crippen molar-refractivity contribution in [3.63, 3.8) is 0 Å². The van der Waals surface area contributed by atoms with Crippen molar-refractivity contribution in [2.45, 2.75) is 4.75 Å². The Morgan fingerprint density at radius 3 is 1.43 bits per heavy atom. The fourth-order valence-corrected chi connectivity index (χ4v) is 5.10. The lowest BCUT2D eigenvalue weighted by Gasteiger charge is -2.31. The lowest BCUT2D eigenvalue weighted by Crippen LogP contribution is -2.47. The van der Waals surface area contributed by atoms with Gasteiger partial charge in [-0.2, -0.15) is 0 Å². The van der Waals surface area contributed by atoms with Gasteiger partial charge in [-0.15, -0.1) is 11.8 Å². The molecule has 0 saturated carbocycles. The summed E-state index contributed by atoms with van der Waals surface area (Å²) in [4.78, 5) is 71.4. The highest BCUT2D eigenvalue weighted by atomic mass is 32.2. The van der Waals surface area contributed by atoms with Crippen molar-refractivity contribution in [1.29, 1.82) is 0 Å². The number of nitrogens with two attached hydrogens (primary N) is 2. The van der Waals surface area contributed by atoms with E-state index in [2.05, 4.69) is 0 Å². The molecule has 13 heteroatoms. The molecule has 2 aromatic rings. The molecule has 1 heterocycles. The van der Waals surface area contributed by atoms with E-state index in [-0.39, 0.29) is 16.0 Å². The third-order valence-electron chi connectivity index (χ3n) is 5.27. The van der Waals surface area contributed by atoms with Crippen LogP contribution in [0.5, 0.6) is 0 Å². The molecule has 2 unspecified atom stereocenters. The third kappa shape index (κ3) is 4.44. The SMILES string of the molecule is NC(=O)C1C=C(c2cc(C(=O)O)cc(C(=O)O)c2)SC1(C(N)=O)c1cc(C(=O)O)cc(C(=O)O)c1. The highest BCUT2D eigenvalue weighted by Gasteiger charge is 2.53. The number of carbonyl (C=O) groups excluding carboxylic acids is 2. The number of thioether (sulfide) groups is 1. The van der Waals surface area contributed by atoms with E-state index in [1.165, 1.54) is 6.08 Å². The van der Waals surface area contributed by atoms with Crippen LogP contribution >= 0.6 is 11.8 Å². The summed E-state index contributed by atoms with van der Waals surface area (Å²) in [7, 11) is 0. The van der Waals surface area contributed by atoms with Gasteiger partial charge in [0.15, 0.2) is 0 Å². The largest absolute Gasteiger partial charge is 0.478 e. The molecule has 180 valence electrons. The van der Waals surface area contributed by atoms with Gasteiger partial charge < -0.3 is 31.9 Å². The minimum atomic E-state index is -2.11. The minimum absolute atomic E-state index is 0.00882. The summed E-state index contributed by atoms with van der Waals surface area (Å²) in [5.41, 5.74) is 9.15. The Bertz CT molecular complexity index is 1300. The van der Waals surface area contributed by atoms with Gasteiger partial charge in [0, 0.05) is 4.91 Å². The molecule has 0 aliphatic carbocycles. The molecule has 1 aliphatic rings.